The summed E-state index contributed by atoms with van der Waals surface area (Å²) in [4.78, 5) is 19.8. The van der Waals surface area contributed by atoms with Crippen LogP contribution in [0.4, 0.5) is 0 Å². The highest BCUT2D eigenvalue weighted by Gasteiger charge is 2.05. The van der Waals surface area contributed by atoms with Crippen molar-refractivity contribution in [1.29, 1.82) is 0 Å². The molecule has 2 aromatic heterocycles. The van der Waals surface area contributed by atoms with Crippen molar-refractivity contribution in [2.24, 2.45) is 5.73 Å². The van der Waals surface area contributed by atoms with Crippen LogP contribution in [-0.4, -0.2) is 27.0 Å². The molecule has 0 atom stereocenters. The molecule has 0 aliphatic heterocycles. The molecule has 0 fully saturated rings. The van der Waals surface area contributed by atoms with Gasteiger partial charge in [-0.15, -0.1) is 0 Å². The average molecular weight is 245 g/mol. The summed E-state index contributed by atoms with van der Waals surface area (Å²) in [6.07, 6.45) is 6.86. The van der Waals surface area contributed by atoms with Crippen molar-refractivity contribution in [2.75, 3.05) is 6.54 Å². The molecular weight excluding hydrogens is 230 g/mol. The Balaban J connectivity index is 1.87. The Morgan fingerprint density at radius 3 is 3.06 bits per heavy atom. The van der Waals surface area contributed by atoms with Crippen LogP contribution in [0.1, 0.15) is 16.1 Å². The van der Waals surface area contributed by atoms with Gasteiger partial charge in [0.2, 0.25) is 0 Å². The van der Waals surface area contributed by atoms with E-state index in [4.69, 9.17) is 5.73 Å². The molecule has 0 bridgehead atoms. The first kappa shape index (κ1) is 12.3. The fourth-order valence-electron chi connectivity index (χ4n) is 1.55. The first-order valence-electron chi connectivity index (χ1n) is 5.68. The Hall–Kier alpha value is -2.21. The lowest BCUT2D eigenvalue weighted by molar-refractivity contribution is 0.0952. The van der Waals surface area contributed by atoms with Gasteiger partial charge in [0, 0.05) is 43.8 Å². The van der Waals surface area contributed by atoms with Crippen molar-refractivity contribution < 1.29 is 4.79 Å². The topological polar surface area (TPSA) is 85.8 Å². The Kier molecular flexibility index (Phi) is 4.03. The van der Waals surface area contributed by atoms with Crippen LogP contribution in [0, 0.1) is 0 Å². The van der Waals surface area contributed by atoms with Gasteiger partial charge in [-0.1, -0.05) is 0 Å². The number of hydrogen-bond acceptors (Lipinski definition) is 4. The molecule has 0 unspecified atom stereocenters. The van der Waals surface area contributed by atoms with E-state index in [-0.39, 0.29) is 5.91 Å². The lowest BCUT2D eigenvalue weighted by atomic mass is 10.2. The Bertz CT molecular complexity index is 509. The smallest absolute Gasteiger partial charge is 0.251 e. The van der Waals surface area contributed by atoms with Crippen molar-refractivity contribution in [1.82, 2.24) is 19.9 Å². The fraction of sp³-hybridized carbons (Fsp3) is 0.250. The van der Waals surface area contributed by atoms with Crippen LogP contribution in [0.2, 0.25) is 0 Å². The first-order valence-corrected chi connectivity index (χ1v) is 5.68. The minimum absolute atomic E-state index is 0.118. The summed E-state index contributed by atoms with van der Waals surface area (Å²) in [5.74, 6) is -0.118. The van der Waals surface area contributed by atoms with Gasteiger partial charge >= 0.3 is 0 Å². The average Bonchev–Trinajstić information content (AvgIpc) is 2.92. The second-order valence-corrected chi connectivity index (χ2v) is 3.80. The number of imidazole rings is 1. The summed E-state index contributed by atoms with van der Waals surface area (Å²) in [7, 11) is 0. The number of carbonyl (C=O) groups is 1. The normalized spacial score (nSPS) is 10.3. The highest BCUT2D eigenvalue weighted by atomic mass is 16.1. The minimum Gasteiger partial charge on any atom is -0.350 e. The van der Waals surface area contributed by atoms with Gasteiger partial charge in [-0.05, 0) is 12.1 Å². The summed E-state index contributed by atoms with van der Waals surface area (Å²) >= 11 is 0. The van der Waals surface area contributed by atoms with Crippen molar-refractivity contribution >= 4 is 5.91 Å². The van der Waals surface area contributed by atoms with Gasteiger partial charge in [-0.25, -0.2) is 4.98 Å². The molecule has 0 radical (unpaired) electrons. The van der Waals surface area contributed by atoms with E-state index < -0.39 is 0 Å². The van der Waals surface area contributed by atoms with E-state index in [1.807, 2.05) is 10.8 Å². The van der Waals surface area contributed by atoms with Gasteiger partial charge in [-0.3, -0.25) is 9.78 Å². The van der Waals surface area contributed by atoms with Crippen LogP contribution in [-0.2, 0) is 13.1 Å². The van der Waals surface area contributed by atoms with Crippen molar-refractivity contribution in [3.63, 3.8) is 0 Å². The number of aromatic nitrogens is 3. The quantitative estimate of drug-likeness (QED) is 0.786. The molecule has 94 valence electrons. The predicted octanol–water partition coefficient (Wildman–Crippen LogP) is 0.167. The van der Waals surface area contributed by atoms with Crippen molar-refractivity contribution in [3.05, 3.63) is 48.3 Å². The number of pyridine rings is 1. The first-order chi connectivity index (χ1) is 8.79. The summed E-state index contributed by atoms with van der Waals surface area (Å²) < 4.78 is 1.90. The van der Waals surface area contributed by atoms with Gasteiger partial charge < -0.3 is 15.6 Å². The molecule has 0 aromatic carbocycles. The third-order valence-corrected chi connectivity index (χ3v) is 2.50. The molecule has 0 aliphatic rings. The third kappa shape index (κ3) is 3.14. The molecule has 2 rings (SSSR count). The Morgan fingerprint density at radius 2 is 2.33 bits per heavy atom. The van der Waals surface area contributed by atoms with Crippen LogP contribution in [0.5, 0.6) is 0 Å². The van der Waals surface area contributed by atoms with E-state index in [1.165, 1.54) is 0 Å². The number of hydrogen-bond donors (Lipinski definition) is 2. The van der Waals surface area contributed by atoms with Crippen LogP contribution < -0.4 is 11.1 Å². The monoisotopic (exact) mass is 245 g/mol. The van der Waals surface area contributed by atoms with Gasteiger partial charge in [0.25, 0.3) is 5.91 Å². The molecule has 0 spiro atoms. The summed E-state index contributed by atoms with van der Waals surface area (Å²) in [5.41, 5.74) is 6.76. The minimum atomic E-state index is -0.118. The van der Waals surface area contributed by atoms with E-state index >= 15 is 0 Å². The second-order valence-electron chi connectivity index (χ2n) is 3.80. The highest BCUT2D eigenvalue weighted by Crippen LogP contribution is 2.01. The molecule has 2 aromatic rings. The molecule has 2 heterocycles. The number of nitrogens with one attached hydrogen (secondary N) is 1. The predicted molar refractivity (Wildman–Crippen MR) is 66.7 cm³/mol. The standard InChI is InChI=1S/C12H15N5O/c13-8-11-7-10(1-2-15-11)12(18)16-4-6-17-5-3-14-9-17/h1-3,5,7,9H,4,6,8,13H2,(H,16,18). The van der Waals surface area contributed by atoms with Gasteiger partial charge in [0.15, 0.2) is 0 Å². The van der Waals surface area contributed by atoms with Crippen molar-refractivity contribution in [2.45, 2.75) is 13.1 Å². The third-order valence-electron chi connectivity index (χ3n) is 2.50. The molecular formula is C12H15N5O. The number of amides is 1. The summed E-state index contributed by atoms with van der Waals surface area (Å²) in [6.45, 7) is 1.58. The molecule has 0 saturated heterocycles. The molecule has 6 heteroatoms. The van der Waals surface area contributed by atoms with E-state index in [0.29, 0.717) is 30.9 Å². The Morgan fingerprint density at radius 1 is 1.44 bits per heavy atom. The maximum absolute atomic E-state index is 11.8. The Labute approximate surface area is 105 Å². The van der Waals surface area contributed by atoms with Crippen LogP contribution in [0.3, 0.4) is 0 Å². The van der Waals surface area contributed by atoms with E-state index in [1.54, 1.807) is 30.9 Å². The number of nitrogens with zero attached hydrogens (tertiary/aromatic N) is 3. The number of nitrogens with two attached hydrogens (primary N) is 1. The molecule has 1 amide bonds. The van der Waals surface area contributed by atoms with E-state index in [9.17, 15) is 4.79 Å². The second kappa shape index (κ2) is 5.92. The van der Waals surface area contributed by atoms with Gasteiger partial charge in [0.05, 0.1) is 12.0 Å². The molecule has 0 saturated carbocycles. The van der Waals surface area contributed by atoms with E-state index in [2.05, 4.69) is 15.3 Å². The largest absolute Gasteiger partial charge is 0.350 e. The summed E-state index contributed by atoms with van der Waals surface area (Å²) in [6, 6.07) is 3.37. The van der Waals surface area contributed by atoms with Gasteiger partial charge in [0.1, 0.15) is 0 Å². The highest BCUT2D eigenvalue weighted by molar-refractivity contribution is 5.94. The summed E-state index contributed by atoms with van der Waals surface area (Å²) in [5, 5.41) is 2.83. The number of carbonyl (C=O) groups excluding carboxylic acids is 1. The van der Waals surface area contributed by atoms with E-state index in [0.717, 1.165) is 0 Å². The zero-order chi connectivity index (χ0) is 12.8. The van der Waals surface area contributed by atoms with Crippen LogP contribution in [0.25, 0.3) is 0 Å². The number of rotatable bonds is 5. The van der Waals surface area contributed by atoms with Crippen LogP contribution >= 0.6 is 0 Å². The van der Waals surface area contributed by atoms with Crippen LogP contribution in [0.15, 0.2) is 37.1 Å². The molecule has 18 heavy (non-hydrogen) atoms. The lowest BCUT2D eigenvalue weighted by Crippen LogP contribution is -2.27. The van der Waals surface area contributed by atoms with Gasteiger partial charge in [-0.2, -0.15) is 0 Å². The molecule has 0 aliphatic carbocycles. The SMILES string of the molecule is NCc1cc(C(=O)NCCn2ccnc2)ccn1. The van der Waals surface area contributed by atoms with Crippen molar-refractivity contribution in [3.8, 4) is 0 Å². The molecule has 3 N–H and O–H groups in total. The fourth-order valence-corrected chi connectivity index (χ4v) is 1.55. The maximum atomic E-state index is 11.8. The molecule has 6 nitrogen and oxygen atoms in total. The zero-order valence-electron chi connectivity index (χ0n) is 9.91. The maximum Gasteiger partial charge on any atom is 0.251 e. The zero-order valence-corrected chi connectivity index (χ0v) is 9.91. The lowest BCUT2D eigenvalue weighted by Gasteiger charge is -2.06.